The number of carbonyl (C=O) groups is 1. The molecule has 0 bridgehead atoms. The van der Waals surface area contributed by atoms with Crippen molar-refractivity contribution in [3.05, 3.63) is 77.1 Å². The Morgan fingerprint density at radius 1 is 1.10 bits per heavy atom. The Morgan fingerprint density at radius 2 is 1.77 bits per heavy atom. The van der Waals surface area contributed by atoms with Gasteiger partial charge in [-0.25, -0.2) is 9.97 Å². The fourth-order valence-electron chi connectivity index (χ4n) is 2.72. The van der Waals surface area contributed by atoms with Crippen molar-refractivity contribution in [2.45, 2.75) is 6.92 Å². The molecular formula is C20H20N6O4. The van der Waals surface area contributed by atoms with Gasteiger partial charge in [0.15, 0.2) is 6.61 Å². The van der Waals surface area contributed by atoms with Crippen LogP contribution in [0.25, 0.3) is 0 Å². The number of benzene rings is 2. The molecule has 0 spiro atoms. The molecule has 0 atom stereocenters. The summed E-state index contributed by atoms with van der Waals surface area (Å²) in [4.78, 5) is 32.9. The molecule has 1 aromatic heterocycles. The second-order valence-corrected chi connectivity index (χ2v) is 6.01. The summed E-state index contributed by atoms with van der Waals surface area (Å²) in [6.07, 6.45) is 1.20. The number of nitrogens with zero attached hydrogens (tertiary/aromatic N) is 4. The topological polar surface area (TPSA) is 123 Å². The van der Waals surface area contributed by atoms with Gasteiger partial charge in [0.25, 0.3) is 5.91 Å². The standard InChI is InChI=1S/C20H20N6O4/c1-2-25(15-9-5-3-6-10-15)20-18(26(28)29)19(21-14-22-20)24-23-17(27)13-30-16-11-7-4-8-12-16/h3-12,14H,2,13H2,1H3,(H,23,27)(H,21,22,24). The minimum atomic E-state index is -0.587. The van der Waals surface area contributed by atoms with E-state index in [9.17, 15) is 14.9 Å². The van der Waals surface area contributed by atoms with Crippen molar-refractivity contribution in [2.24, 2.45) is 0 Å². The van der Waals surface area contributed by atoms with Gasteiger partial charge in [-0.05, 0) is 31.2 Å². The van der Waals surface area contributed by atoms with Crippen LogP contribution in [0.15, 0.2) is 67.0 Å². The second kappa shape index (κ2) is 9.82. The molecule has 1 heterocycles. The molecule has 10 heteroatoms. The molecule has 3 aromatic rings. The monoisotopic (exact) mass is 408 g/mol. The summed E-state index contributed by atoms with van der Waals surface area (Å²) in [5, 5.41) is 11.8. The molecule has 10 nitrogen and oxygen atoms in total. The van der Waals surface area contributed by atoms with Crippen LogP contribution in [-0.2, 0) is 4.79 Å². The van der Waals surface area contributed by atoms with Crippen LogP contribution in [-0.4, -0.2) is 34.0 Å². The highest BCUT2D eigenvalue weighted by molar-refractivity contribution is 5.81. The van der Waals surface area contributed by atoms with Crippen molar-refractivity contribution in [3.63, 3.8) is 0 Å². The number of carbonyl (C=O) groups excluding carboxylic acids is 1. The molecule has 30 heavy (non-hydrogen) atoms. The number of nitro groups is 1. The van der Waals surface area contributed by atoms with Crippen LogP contribution in [0.3, 0.4) is 0 Å². The Labute approximate surface area is 172 Å². The molecule has 0 saturated heterocycles. The van der Waals surface area contributed by atoms with Gasteiger partial charge in [0.2, 0.25) is 11.6 Å². The lowest BCUT2D eigenvalue weighted by Crippen LogP contribution is -2.34. The summed E-state index contributed by atoms with van der Waals surface area (Å²) in [5.74, 6) is -0.0125. The van der Waals surface area contributed by atoms with Crippen LogP contribution in [0, 0.1) is 10.1 Å². The van der Waals surface area contributed by atoms with E-state index in [1.807, 2.05) is 43.3 Å². The van der Waals surface area contributed by atoms with Gasteiger partial charge in [-0.1, -0.05) is 36.4 Å². The van der Waals surface area contributed by atoms with Crippen LogP contribution in [0.2, 0.25) is 0 Å². The van der Waals surface area contributed by atoms with Gasteiger partial charge in [0.05, 0.1) is 4.92 Å². The Morgan fingerprint density at radius 3 is 2.40 bits per heavy atom. The van der Waals surface area contributed by atoms with E-state index in [1.54, 1.807) is 29.2 Å². The summed E-state index contributed by atoms with van der Waals surface area (Å²) in [5.41, 5.74) is 5.25. The highest BCUT2D eigenvalue weighted by Crippen LogP contribution is 2.35. The van der Waals surface area contributed by atoms with Crippen molar-refractivity contribution in [3.8, 4) is 5.75 Å². The van der Waals surface area contributed by atoms with Crippen LogP contribution in [0.4, 0.5) is 23.0 Å². The lowest BCUT2D eigenvalue weighted by molar-refractivity contribution is -0.383. The number of anilines is 3. The summed E-state index contributed by atoms with van der Waals surface area (Å²) >= 11 is 0. The maximum absolute atomic E-state index is 12.0. The van der Waals surface area contributed by atoms with Crippen molar-refractivity contribution in [1.82, 2.24) is 15.4 Å². The number of nitrogens with one attached hydrogen (secondary N) is 2. The molecule has 2 N–H and O–H groups in total. The van der Waals surface area contributed by atoms with E-state index in [1.165, 1.54) is 6.33 Å². The molecule has 0 aliphatic rings. The minimum absolute atomic E-state index is 0.112. The predicted molar refractivity (Wildman–Crippen MR) is 112 cm³/mol. The summed E-state index contributed by atoms with van der Waals surface area (Å²) in [6, 6.07) is 18.0. The van der Waals surface area contributed by atoms with Crippen molar-refractivity contribution in [1.29, 1.82) is 0 Å². The van der Waals surface area contributed by atoms with Gasteiger partial charge in [-0.2, -0.15) is 0 Å². The number of hydrogen-bond donors (Lipinski definition) is 2. The quantitative estimate of drug-likeness (QED) is 0.409. The largest absolute Gasteiger partial charge is 0.484 e. The summed E-state index contributed by atoms with van der Waals surface area (Å²) < 4.78 is 5.34. The molecule has 0 saturated carbocycles. The number of amides is 1. The minimum Gasteiger partial charge on any atom is -0.484 e. The zero-order valence-corrected chi connectivity index (χ0v) is 16.2. The second-order valence-electron chi connectivity index (χ2n) is 6.01. The molecular weight excluding hydrogens is 388 g/mol. The van der Waals surface area contributed by atoms with Gasteiger partial charge in [-0.3, -0.25) is 25.8 Å². The molecule has 154 valence electrons. The van der Waals surface area contributed by atoms with E-state index >= 15 is 0 Å². The first-order valence-corrected chi connectivity index (χ1v) is 9.14. The molecule has 0 aliphatic heterocycles. The molecule has 2 aromatic carbocycles. The van der Waals surface area contributed by atoms with Gasteiger partial charge >= 0.3 is 5.69 Å². The van der Waals surface area contributed by atoms with Gasteiger partial charge in [-0.15, -0.1) is 0 Å². The number of ether oxygens (including phenoxy) is 1. The first kappa shape index (κ1) is 20.5. The number of aromatic nitrogens is 2. The number of hydrazine groups is 1. The molecule has 0 unspecified atom stereocenters. The fraction of sp³-hybridized carbons (Fsp3) is 0.150. The maximum Gasteiger partial charge on any atom is 0.355 e. The van der Waals surface area contributed by atoms with E-state index < -0.39 is 10.8 Å². The zero-order valence-electron chi connectivity index (χ0n) is 16.2. The van der Waals surface area contributed by atoms with Crippen molar-refractivity contribution >= 4 is 28.9 Å². The Bertz CT molecular complexity index is 1000. The van der Waals surface area contributed by atoms with E-state index in [0.717, 1.165) is 5.69 Å². The van der Waals surface area contributed by atoms with E-state index in [-0.39, 0.29) is 23.9 Å². The third-order valence-electron chi connectivity index (χ3n) is 4.06. The van der Waals surface area contributed by atoms with Crippen molar-refractivity contribution in [2.75, 3.05) is 23.5 Å². The van der Waals surface area contributed by atoms with E-state index in [0.29, 0.717) is 12.3 Å². The Kier molecular flexibility index (Phi) is 6.72. The van der Waals surface area contributed by atoms with E-state index in [2.05, 4.69) is 20.8 Å². The summed E-state index contributed by atoms with van der Waals surface area (Å²) in [6.45, 7) is 2.03. The Hall–Kier alpha value is -4.21. The molecule has 0 aliphatic carbocycles. The Balaban J connectivity index is 1.76. The number of rotatable bonds is 9. The third-order valence-corrected chi connectivity index (χ3v) is 4.06. The van der Waals surface area contributed by atoms with Crippen LogP contribution >= 0.6 is 0 Å². The lowest BCUT2D eigenvalue weighted by atomic mass is 10.2. The average Bonchev–Trinajstić information content (AvgIpc) is 2.78. The normalized spacial score (nSPS) is 10.2. The first-order chi connectivity index (χ1) is 14.6. The SMILES string of the molecule is CCN(c1ccccc1)c1ncnc(NNC(=O)COc2ccccc2)c1[N+](=O)[O-]. The smallest absolute Gasteiger partial charge is 0.355 e. The van der Waals surface area contributed by atoms with Gasteiger partial charge in [0.1, 0.15) is 12.1 Å². The van der Waals surface area contributed by atoms with Crippen LogP contribution < -0.4 is 20.5 Å². The van der Waals surface area contributed by atoms with E-state index in [4.69, 9.17) is 4.74 Å². The summed E-state index contributed by atoms with van der Waals surface area (Å²) in [7, 11) is 0. The van der Waals surface area contributed by atoms with Crippen LogP contribution in [0.1, 0.15) is 6.92 Å². The average molecular weight is 408 g/mol. The first-order valence-electron chi connectivity index (χ1n) is 9.14. The molecule has 0 radical (unpaired) electrons. The number of para-hydroxylation sites is 2. The maximum atomic E-state index is 12.0. The van der Waals surface area contributed by atoms with Gasteiger partial charge < -0.3 is 9.64 Å². The highest BCUT2D eigenvalue weighted by Gasteiger charge is 2.27. The fourth-order valence-corrected chi connectivity index (χ4v) is 2.72. The van der Waals surface area contributed by atoms with Gasteiger partial charge in [0, 0.05) is 12.2 Å². The van der Waals surface area contributed by atoms with Crippen LogP contribution in [0.5, 0.6) is 5.75 Å². The third kappa shape index (κ3) is 4.98. The zero-order chi connectivity index (χ0) is 21.3. The highest BCUT2D eigenvalue weighted by atomic mass is 16.6. The van der Waals surface area contributed by atoms with Crippen molar-refractivity contribution < 1.29 is 14.5 Å². The lowest BCUT2D eigenvalue weighted by Gasteiger charge is -2.22. The predicted octanol–water partition coefficient (Wildman–Crippen LogP) is 3.06. The number of hydrogen-bond acceptors (Lipinski definition) is 8. The molecule has 3 rings (SSSR count). The molecule has 1 amide bonds. The molecule has 0 fully saturated rings.